The number of anilines is 2. The van der Waals surface area contributed by atoms with Crippen molar-refractivity contribution in [2.24, 2.45) is 7.05 Å². The smallest absolute Gasteiger partial charge is 0.272 e. The van der Waals surface area contributed by atoms with Gasteiger partial charge in [-0.1, -0.05) is 0 Å². The van der Waals surface area contributed by atoms with Gasteiger partial charge in [0, 0.05) is 22.5 Å². The molecule has 1 amide bonds. The zero-order valence-corrected chi connectivity index (χ0v) is 11.4. The van der Waals surface area contributed by atoms with Gasteiger partial charge in [-0.25, -0.2) is 0 Å². The molecule has 2 aromatic rings. The zero-order valence-electron chi connectivity index (χ0n) is 9.27. The van der Waals surface area contributed by atoms with E-state index < -0.39 is 0 Å². The average molecular weight is 341 g/mol. The Balaban J connectivity index is 2.17. The highest BCUT2D eigenvalue weighted by Gasteiger charge is 2.10. The average Bonchev–Trinajstić information content (AvgIpc) is 2.61. The lowest BCUT2D eigenvalue weighted by molar-refractivity contribution is 0.101. The number of aromatic nitrogens is 1. The monoisotopic (exact) mass is 341 g/mol. The molecule has 4 nitrogen and oxygen atoms in total. The van der Waals surface area contributed by atoms with E-state index in [0.29, 0.717) is 11.4 Å². The van der Waals surface area contributed by atoms with E-state index >= 15 is 0 Å². The highest BCUT2D eigenvalue weighted by atomic mass is 127. The number of nitrogens with zero attached hydrogens (tertiary/aromatic N) is 1. The van der Waals surface area contributed by atoms with Crippen molar-refractivity contribution >= 4 is 39.9 Å². The van der Waals surface area contributed by atoms with Crippen molar-refractivity contribution in [3.63, 3.8) is 0 Å². The maximum absolute atomic E-state index is 11.9. The Morgan fingerprint density at radius 3 is 2.53 bits per heavy atom. The molecular formula is C12H12IN3O. The third-order valence-corrected chi connectivity index (χ3v) is 3.08. The molecule has 0 saturated carbocycles. The Morgan fingerprint density at radius 1 is 1.35 bits per heavy atom. The Morgan fingerprint density at radius 2 is 2.00 bits per heavy atom. The van der Waals surface area contributed by atoms with Crippen LogP contribution >= 0.6 is 22.6 Å². The van der Waals surface area contributed by atoms with Crippen LogP contribution in [0.3, 0.4) is 0 Å². The van der Waals surface area contributed by atoms with Crippen LogP contribution in [0.4, 0.5) is 11.4 Å². The summed E-state index contributed by atoms with van der Waals surface area (Å²) in [4.78, 5) is 11.9. The number of halogens is 1. The van der Waals surface area contributed by atoms with Gasteiger partial charge in [0.05, 0.1) is 5.69 Å². The van der Waals surface area contributed by atoms with Crippen LogP contribution in [-0.2, 0) is 7.05 Å². The Bertz CT molecular complexity index is 545. The van der Waals surface area contributed by atoms with Gasteiger partial charge in [0.15, 0.2) is 0 Å². The number of nitrogen functional groups attached to an aromatic ring is 1. The minimum absolute atomic E-state index is 0.162. The van der Waals surface area contributed by atoms with Gasteiger partial charge >= 0.3 is 0 Å². The molecule has 1 aromatic carbocycles. The zero-order chi connectivity index (χ0) is 12.4. The summed E-state index contributed by atoms with van der Waals surface area (Å²) in [6, 6.07) is 9.27. The number of nitrogens with one attached hydrogen (secondary N) is 1. The first kappa shape index (κ1) is 12.0. The van der Waals surface area contributed by atoms with Gasteiger partial charge in [0.25, 0.3) is 5.91 Å². The van der Waals surface area contributed by atoms with E-state index in [1.165, 1.54) is 0 Å². The van der Waals surface area contributed by atoms with E-state index in [4.69, 9.17) is 5.73 Å². The molecule has 0 unspecified atom stereocenters. The molecule has 0 saturated heterocycles. The van der Waals surface area contributed by atoms with Gasteiger partial charge in [-0.15, -0.1) is 0 Å². The molecule has 0 aliphatic rings. The Labute approximate surface area is 113 Å². The number of aryl methyl sites for hydroxylation is 1. The summed E-state index contributed by atoms with van der Waals surface area (Å²) in [5, 5.41) is 2.82. The number of hydrogen-bond donors (Lipinski definition) is 2. The molecular weight excluding hydrogens is 329 g/mol. The molecule has 3 N–H and O–H groups in total. The number of carbonyl (C=O) groups is 1. The highest BCUT2D eigenvalue weighted by molar-refractivity contribution is 14.1. The standard InChI is InChI=1S/C12H12IN3O/c1-16-7-9(14)6-11(16)12(17)15-10-4-2-8(13)3-5-10/h2-7H,14H2,1H3,(H,15,17). The molecule has 17 heavy (non-hydrogen) atoms. The molecule has 2 rings (SSSR count). The molecule has 1 aromatic heterocycles. The van der Waals surface area contributed by atoms with Gasteiger partial charge < -0.3 is 15.6 Å². The maximum atomic E-state index is 11.9. The van der Waals surface area contributed by atoms with Crippen LogP contribution in [0.1, 0.15) is 10.5 Å². The number of rotatable bonds is 2. The van der Waals surface area contributed by atoms with Crippen molar-refractivity contribution in [3.8, 4) is 0 Å². The normalized spacial score (nSPS) is 10.2. The maximum Gasteiger partial charge on any atom is 0.272 e. The van der Waals surface area contributed by atoms with Crippen LogP contribution in [0.2, 0.25) is 0 Å². The first-order valence-electron chi connectivity index (χ1n) is 5.05. The molecule has 0 aliphatic carbocycles. The van der Waals surface area contributed by atoms with E-state index in [2.05, 4.69) is 27.9 Å². The van der Waals surface area contributed by atoms with E-state index in [-0.39, 0.29) is 5.91 Å². The molecule has 0 fully saturated rings. The summed E-state index contributed by atoms with van der Waals surface area (Å²) in [5.41, 5.74) is 7.53. The second kappa shape index (κ2) is 4.79. The summed E-state index contributed by atoms with van der Waals surface area (Å²) in [6.07, 6.45) is 1.71. The SMILES string of the molecule is Cn1cc(N)cc1C(=O)Nc1ccc(I)cc1. The molecule has 0 radical (unpaired) electrons. The van der Waals surface area contributed by atoms with Crippen molar-refractivity contribution in [1.29, 1.82) is 0 Å². The number of benzene rings is 1. The summed E-state index contributed by atoms with van der Waals surface area (Å²) >= 11 is 2.22. The summed E-state index contributed by atoms with van der Waals surface area (Å²) in [5.74, 6) is -0.162. The second-order valence-corrected chi connectivity index (χ2v) is 4.98. The number of carbonyl (C=O) groups excluding carboxylic acids is 1. The quantitative estimate of drug-likeness (QED) is 0.825. The van der Waals surface area contributed by atoms with Crippen molar-refractivity contribution in [3.05, 3.63) is 45.8 Å². The van der Waals surface area contributed by atoms with Gasteiger partial charge in [-0.3, -0.25) is 4.79 Å². The van der Waals surface area contributed by atoms with Crippen molar-refractivity contribution in [1.82, 2.24) is 4.57 Å². The first-order chi connectivity index (χ1) is 8.06. The minimum atomic E-state index is -0.162. The largest absolute Gasteiger partial charge is 0.397 e. The predicted octanol–water partition coefficient (Wildman–Crippen LogP) is 2.46. The second-order valence-electron chi connectivity index (χ2n) is 3.73. The molecule has 88 valence electrons. The third-order valence-electron chi connectivity index (χ3n) is 2.36. The van der Waals surface area contributed by atoms with E-state index in [1.807, 2.05) is 24.3 Å². The Kier molecular flexibility index (Phi) is 3.37. The summed E-state index contributed by atoms with van der Waals surface area (Å²) in [6.45, 7) is 0. The molecule has 0 atom stereocenters. The van der Waals surface area contributed by atoms with Crippen molar-refractivity contribution in [2.45, 2.75) is 0 Å². The van der Waals surface area contributed by atoms with Crippen molar-refractivity contribution < 1.29 is 4.79 Å². The van der Waals surface area contributed by atoms with Crippen LogP contribution in [0.5, 0.6) is 0 Å². The fourth-order valence-corrected chi connectivity index (χ4v) is 1.90. The van der Waals surface area contributed by atoms with Gasteiger partial charge in [0.1, 0.15) is 5.69 Å². The lowest BCUT2D eigenvalue weighted by Gasteiger charge is -2.05. The van der Waals surface area contributed by atoms with Gasteiger partial charge in [-0.2, -0.15) is 0 Å². The summed E-state index contributed by atoms with van der Waals surface area (Å²) in [7, 11) is 1.79. The number of hydrogen-bond acceptors (Lipinski definition) is 2. The minimum Gasteiger partial charge on any atom is -0.397 e. The fraction of sp³-hybridized carbons (Fsp3) is 0.0833. The van der Waals surface area contributed by atoms with Crippen LogP contribution in [0.25, 0.3) is 0 Å². The molecule has 1 heterocycles. The highest BCUT2D eigenvalue weighted by Crippen LogP contribution is 2.14. The lowest BCUT2D eigenvalue weighted by atomic mass is 10.3. The molecule has 0 aliphatic heterocycles. The van der Waals surface area contributed by atoms with E-state index in [9.17, 15) is 4.79 Å². The molecule has 0 bridgehead atoms. The predicted molar refractivity (Wildman–Crippen MR) is 76.9 cm³/mol. The summed E-state index contributed by atoms with van der Waals surface area (Å²) < 4.78 is 2.83. The lowest BCUT2D eigenvalue weighted by Crippen LogP contribution is -2.15. The van der Waals surface area contributed by atoms with Gasteiger partial charge in [-0.05, 0) is 52.9 Å². The van der Waals surface area contributed by atoms with Crippen LogP contribution in [-0.4, -0.2) is 10.5 Å². The van der Waals surface area contributed by atoms with Crippen molar-refractivity contribution in [2.75, 3.05) is 11.1 Å². The number of amides is 1. The molecule has 5 heteroatoms. The molecule has 0 spiro atoms. The Hall–Kier alpha value is -1.50. The first-order valence-corrected chi connectivity index (χ1v) is 6.13. The van der Waals surface area contributed by atoms with E-state index in [1.54, 1.807) is 23.9 Å². The van der Waals surface area contributed by atoms with Gasteiger partial charge in [0.2, 0.25) is 0 Å². The number of nitrogens with two attached hydrogens (primary N) is 1. The van der Waals surface area contributed by atoms with Crippen LogP contribution < -0.4 is 11.1 Å². The fourth-order valence-electron chi connectivity index (χ4n) is 1.54. The van der Waals surface area contributed by atoms with E-state index in [0.717, 1.165) is 9.26 Å². The van der Waals surface area contributed by atoms with Crippen LogP contribution in [0.15, 0.2) is 36.5 Å². The topological polar surface area (TPSA) is 60.0 Å². The third kappa shape index (κ3) is 2.79. The van der Waals surface area contributed by atoms with Crippen LogP contribution in [0, 0.1) is 3.57 Å².